The summed E-state index contributed by atoms with van der Waals surface area (Å²) in [5, 5.41) is 16.4. The highest BCUT2D eigenvalue weighted by Crippen LogP contribution is 2.34. The molecule has 1 aliphatic rings. The molecule has 22 heavy (non-hydrogen) atoms. The van der Waals surface area contributed by atoms with Crippen LogP contribution in [0.15, 0.2) is 30.3 Å². The number of carbonyl (C=O) groups excluding carboxylic acids is 2. The lowest BCUT2D eigenvalue weighted by Crippen LogP contribution is -2.06. The molecule has 0 saturated heterocycles. The molecule has 1 aliphatic carbocycles. The van der Waals surface area contributed by atoms with E-state index in [-0.39, 0.29) is 0 Å². The van der Waals surface area contributed by atoms with Gasteiger partial charge in [0.25, 0.3) is 0 Å². The molecule has 0 aromatic heterocycles. The number of nitrogens with one attached hydrogen (secondary N) is 1. The summed E-state index contributed by atoms with van der Waals surface area (Å²) in [7, 11) is 0. The van der Waals surface area contributed by atoms with E-state index in [1.165, 1.54) is 0 Å². The van der Waals surface area contributed by atoms with Crippen LogP contribution in [0.1, 0.15) is 27.1 Å². The smallest absolute Gasteiger partial charge is 0.234 e. The molecule has 2 aromatic rings. The van der Waals surface area contributed by atoms with Gasteiger partial charge in [0.2, 0.25) is 11.6 Å². The summed E-state index contributed by atoms with van der Waals surface area (Å²) < 4.78 is 4.29. The summed E-state index contributed by atoms with van der Waals surface area (Å²) in [6.45, 7) is 0.683. The van der Waals surface area contributed by atoms with Crippen LogP contribution in [0.25, 0.3) is 10.8 Å². The molecule has 0 bridgehead atoms. The standard InChI is InChI=1S/C15H13NO5S/c17-14-10-4-1-3-9-12(16-7-2-8-22-21-20-19)6-5-11(13(9)10)15(14)18/h1,3-6,16,19H,2,7-8H2. The van der Waals surface area contributed by atoms with Gasteiger partial charge in [0.05, 0.1) is 0 Å². The molecule has 2 aromatic carbocycles. The Morgan fingerprint density at radius 2 is 1.86 bits per heavy atom. The van der Waals surface area contributed by atoms with Crippen molar-refractivity contribution in [1.29, 1.82) is 0 Å². The van der Waals surface area contributed by atoms with Crippen LogP contribution in [0.5, 0.6) is 0 Å². The molecule has 0 amide bonds. The van der Waals surface area contributed by atoms with Crippen LogP contribution in [0.4, 0.5) is 5.69 Å². The van der Waals surface area contributed by atoms with Crippen molar-refractivity contribution in [3.8, 4) is 0 Å². The van der Waals surface area contributed by atoms with Crippen LogP contribution in [-0.2, 0) is 9.37 Å². The van der Waals surface area contributed by atoms with Gasteiger partial charge in [-0.25, -0.2) is 5.26 Å². The number of anilines is 1. The van der Waals surface area contributed by atoms with E-state index in [0.717, 1.165) is 34.9 Å². The van der Waals surface area contributed by atoms with Crippen LogP contribution >= 0.6 is 12.0 Å². The number of benzene rings is 2. The topological polar surface area (TPSA) is 84.9 Å². The maximum absolute atomic E-state index is 11.9. The predicted molar refractivity (Wildman–Crippen MR) is 83.0 cm³/mol. The molecular formula is C15H13NO5S. The number of hydrogen-bond acceptors (Lipinski definition) is 7. The predicted octanol–water partition coefficient (Wildman–Crippen LogP) is 3.09. The Morgan fingerprint density at radius 3 is 2.64 bits per heavy atom. The second-order valence-electron chi connectivity index (χ2n) is 4.79. The summed E-state index contributed by atoms with van der Waals surface area (Å²) in [6.07, 6.45) is 0.787. The first-order valence-corrected chi connectivity index (χ1v) is 7.63. The molecule has 0 saturated carbocycles. The summed E-state index contributed by atoms with van der Waals surface area (Å²) in [4.78, 5) is 23.9. The largest absolute Gasteiger partial charge is 0.385 e. The van der Waals surface area contributed by atoms with Gasteiger partial charge in [0.15, 0.2) is 0 Å². The van der Waals surface area contributed by atoms with Gasteiger partial charge in [-0.1, -0.05) is 23.2 Å². The Kier molecular flexibility index (Phi) is 4.39. The van der Waals surface area contributed by atoms with Crippen LogP contribution in [0, 0.1) is 0 Å². The molecule has 2 N–H and O–H groups in total. The molecule has 0 atom stereocenters. The lowest BCUT2D eigenvalue weighted by molar-refractivity contribution is -0.432. The van der Waals surface area contributed by atoms with Gasteiger partial charge in [0.1, 0.15) is 0 Å². The third-order valence-corrected chi connectivity index (χ3v) is 4.15. The van der Waals surface area contributed by atoms with Gasteiger partial charge in [-0.2, -0.15) is 0 Å². The molecule has 0 aliphatic heterocycles. The fourth-order valence-corrected chi connectivity index (χ4v) is 2.97. The SMILES string of the molecule is O=C1C(=O)c2ccc(NCCCSOOO)c3cccc1c23. The molecule has 0 fully saturated rings. The molecule has 0 unspecified atom stereocenters. The average molecular weight is 319 g/mol. The highest BCUT2D eigenvalue weighted by molar-refractivity contribution is 7.94. The van der Waals surface area contributed by atoms with Crippen LogP contribution in [0.2, 0.25) is 0 Å². The minimum Gasteiger partial charge on any atom is -0.385 e. The summed E-state index contributed by atoms with van der Waals surface area (Å²) in [5.41, 5.74) is 1.84. The summed E-state index contributed by atoms with van der Waals surface area (Å²) >= 11 is 1.01. The molecule has 114 valence electrons. The van der Waals surface area contributed by atoms with E-state index >= 15 is 0 Å². The molecule has 7 heteroatoms. The monoisotopic (exact) mass is 319 g/mol. The first kappa shape index (κ1) is 15.0. The number of Topliss-reactive ketones (excluding diaryl/α,β-unsaturated/α-hetero) is 2. The number of rotatable bonds is 7. The van der Waals surface area contributed by atoms with Gasteiger partial charge < -0.3 is 5.32 Å². The lowest BCUT2D eigenvalue weighted by atomic mass is 10.0. The maximum atomic E-state index is 11.9. The number of carbonyl (C=O) groups is 2. The Balaban J connectivity index is 1.79. The molecule has 0 spiro atoms. The fourth-order valence-electron chi connectivity index (χ4n) is 2.59. The fraction of sp³-hybridized carbons (Fsp3) is 0.200. The third-order valence-electron chi connectivity index (χ3n) is 3.53. The van der Waals surface area contributed by atoms with Gasteiger partial charge >= 0.3 is 0 Å². The Hall–Kier alpha value is -1.93. The second-order valence-corrected chi connectivity index (χ2v) is 5.57. The molecule has 3 rings (SSSR count). The molecular weight excluding hydrogens is 306 g/mol. The van der Waals surface area contributed by atoms with E-state index in [4.69, 9.17) is 5.26 Å². The Labute approximate surface area is 130 Å². The average Bonchev–Trinajstić information content (AvgIpc) is 2.79. The lowest BCUT2D eigenvalue weighted by Gasteiger charge is -2.10. The second kappa shape index (κ2) is 6.45. The van der Waals surface area contributed by atoms with Crippen molar-refractivity contribution in [2.24, 2.45) is 0 Å². The van der Waals surface area contributed by atoms with Crippen LogP contribution in [-0.4, -0.2) is 29.1 Å². The number of ketones is 2. The zero-order valence-electron chi connectivity index (χ0n) is 11.5. The zero-order chi connectivity index (χ0) is 15.5. The first-order valence-electron chi connectivity index (χ1n) is 6.72. The van der Waals surface area contributed by atoms with Crippen molar-refractivity contribution in [1.82, 2.24) is 0 Å². The highest BCUT2D eigenvalue weighted by atomic mass is 32.2. The normalized spacial score (nSPS) is 13.1. The van der Waals surface area contributed by atoms with E-state index in [0.29, 0.717) is 23.4 Å². The van der Waals surface area contributed by atoms with Gasteiger partial charge in [0, 0.05) is 51.9 Å². The first-order chi connectivity index (χ1) is 10.7. The van der Waals surface area contributed by atoms with Gasteiger partial charge in [-0.05, 0) is 18.6 Å². The Bertz CT molecular complexity index is 726. The summed E-state index contributed by atoms with van der Waals surface area (Å²) in [6, 6.07) is 8.88. The minimum atomic E-state index is -0.435. The van der Waals surface area contributed by atoms with Crippen molar-refractivity contribution < 1.29 is 24.2 Å². The van der Waals surface area contributed by atoms with Crippen molar-refractivity contribution in [3.63, 3.8) is 0 Å². The Morgan fingerprint density at radius 1 is 1.09 bits per heavy atom. The van der Waals surface area contributed by atoms with Crippen molar-refractivity contribution in [2.75, 3.05) is 17.6 Å². The summed E-state index contributed by atoms with van der Waals surface area (Å²) in [5.74, 6) is -0.225. The van der Waals surface area contributed by atoms with Gasteiger partial charge in [-0.15, -0.1) is 4.33 Å². The maximum Gasteiger partial charge on any atom is 0.234 e. The molecule has 0 radical (unpaired) electrons. The minimum absolute atomic E-state index is 0.435. The van der Waals surface area contributed by atoms with Gasteiger partial charge in [-0.3, -0.25) is 9.59 Å². The quantitative estimate of drug-likeness (QED) is 0.267. The van der Waals surface area contributed by atoms with E-state index in [2.05, 4.69) is 14.7 Å². The van der Waals surface area contributed by atoms with E-state index in [1.807, 2.05) is 12.1 Å². The molecule has 0 heterocycles. The van der Waals surface area contributed by atoms with E-state index < -0.39 is 11.6 Å². The number of hydrogen-bond donors (Lipinski definition) is 2. The van der Waals surface area contributed by atoms with Crippen molar-refractivity contribution in [2.45, 2.75) is 6.42 Å². The van der Waals surface area contributed by atoms with Crippen molar-refractivity contribution >= 4 is 40.1 Å². The third kappa shape index (κ3) is 2.59. The van der Waals surface area contributed by atoms with Crippen molar-refractivity contribution in [3.05, 3.63) is 41.5 Å². The van der Waals surface area contributed by atoms with Crippen LogP contribution in [0.3, 0.4) is 0 Å². The highest BCUT2D eigenvalue weighted by Gasteiger charge is 2.30. The van der Waals surface area contributed by atoms with Crippen LogP contribution < -0.4 is 5.32 Å². The zero-order valence-corrected chi connectivity index (χ0v) is 12.3. The molecule has 6 nitrogen and oxygen atoms in total. The van der Waals surface area contributed by atoms with E-state index in [9.17, 15) is 9.59 Å². The van der Waals surface area contributed by atoms with E-state index in [1.54, 1.807) is 18.2 Å².